The summed E-state index contributed by atoms with van der Waals surface area (Å²) >= 11 is 0. The van der Waals surface area contributed by atoms with Crippen molar-refractivity contribution in [1.82, 2.24) is 14.8 Å². The molecule has 0 radical (unpaired) electrons. The molecule has 1 aliphatic rings. The number of halogens is 3. The topological polar surface area (TPSA) is 63.0 Å². The first-order valence-electron chi connectivity index (χ1n) is 7.38. The summed E-state index contributed by atoms with van der Waals surface area (Å²) in [5, 5.41) is 17.2. The van der Waals surface area contributed by atoms with E-state index in [1.165, 1.54) is 12.1 Å². The molecular formula is C15H17F3N4O. The van der Waals surface area contributed by atoms with Crippen molar-refractivity contribution < 1.29 is 18.3 Å². The molecule has 5 nitrogen and oxygen atoms in total. The monoisotopic (exact) mass is 326 g/mol. The Morgan fingerprint density at radius 2 is 2.09 bits per heavy atom. The van der Waals surface area contributed by atoms with Crippen LogP contribution in [-0.2, 0) is 12.7 Å². The number of anilines is 1. The van der Waals surface area contributed by atoms with Gasteiger partial charge in [0.1, 0.15) is 11.5 Å². The van der Waals surface area contributed by atoms with Crippen molar-refractivity contribution in [3.8, 4) is 0 Å². The highest BCUT2D eigenvalue weighted by Crippen LogP contribution is 2.31. The third kappa shape index (κ3) is 3.82. The van der Waals surface area contributed by atoms with Gasteiger partial charge in [0.15, 0.2) is 0 Å². The molecule has 1 fully saturated rings. The highest BCUT2D eigenvalue weighted by Gasteiger charge is 2.35. The molecule has 2 N–H and O–H groups in total. The van der Waals surface area contributed by atoms with Crippen LogP contribution in [0, 0.1) is 5.92 Å². The van der Waals surface area contributed by atoms with Gasteiger partial charge in [0.25, 0.3) is 0 Å². The lowest BCUT2D eigenvalue weighted by atomic mass is 10.1. The molecule has 124 valence electrons. The Morgan fingerprint density at radius 1 is 1.26 bits per heavy atom. The minimum atomic E-state index is -4.48. The van der Waals surface area contributed by atoms with Crippen LogP contribution in [0.1, 0.15) is 18.5 Å². The van der Waals surface area contributed by atoms with Gasteiger partial charge in [-0.1, -0.05) is 6.07 Å². The maximum Gasteiger partial charge on any atom is 0.433 e. The van der Waals surface area contributed by atoms with Gasteiger partial charge in [-0.05, 0) is 37.0 Å². The maximum absolute atomic E-state index is 12.7. The predicted molar refractivity (Wildman–Crippen MR) is 77.6 cm³/mol. The summed E-state index contributed by atoms with van der Waals surface area (Å²) in [6.45, 7) is 0.679. The van der Waals surface area contributed by atoms with Crippen LogP contribution < -0.4 is 5.32 Å². The molecule has 3 rings (SSSR count). The van der Waals surface area contributed by atoms with Crippen molar-refractivity contribution in [3.05, 3.63) is 42.4 Å². The van der Waals surface area contributed by atoms with Gasteiger partial charge >= 0.3 is 6.18 Å². The number of pyridine rings is 1. The molecule has 0 amide bonds. The smallest absolute Gasteiger partial charge is 0.391 e. The number of aliphatic hydroxyl groups excluding tert-OH is 1. The number of rotatable bonds is 4. The second-order valence-corrected chi connectivity index (χ2v) is 5.79. The van der Waals surface area contributed by atoms with Crippen molar-refractivity contribution in [1.29, 1.82) is 0 Å². The van der Waals surface area contributed by atoms with Crippen molar-refractivity contribution >= 4 is 5.82 Å². The van der Waals surface area contributed by atoms with Gasteiger partial charge < -0.3 is 10.4 Å². The number of nitrogens with zero attached hydrogens (tertiary/aromatic N) is 3. The Kier molecular flexibility index (Phi) is 4.25. The van der Waals surface area contributed by atoms with Gasteiger partial charge in [-0.15, -0.1) is 0 Å². The fourth-order valence-electron chi connectivity index (χ4n) is 2.96. The lowest BCUT2D eigenvalue weighted by Gasteiger charge is -2.18. The Balaban J connectivity index is 1.64. The quantitative estimate of drug-likeness (QED) is 0.906. The first kappa shape index (κ1) is 15.8. The molecule has 1 aliphatic carbocycles. The van der Waals surface area contributed by atoms with Crippen molar-refractivity contribution in [2.45, 2.75) is 37.7 Å². The second-order valence-electron chi connectivity index (χ2n) is 5.79. The van der Waals surface area contributed by atoms with Crippen LogP contribution in [0.15, 0.2) is 36.7 Å². The highest BCUT2D eigenvalue weighted by molar-refractivity contribution is 5.37. The van der Waals surface area contributed by atoms with E-state index < -0.39 is 18.0 Å². The lowest BCUT2D eigenvalue weighted by Crippen LogP contribution is -2.28. The zero-order valence-electron chi connectivity index (χ0n) is 12.2. The predicted octanol–water partition coefficient (Wildman–Crippen LogP) is 2.55. The SMILES string of the molecule is O[C@@H]1CC(Cn2cccn2)C[C@H]1Nc1cccc(C(F)(F)F)n1. The van der Waals surface area contributed by atoms with Crippen LogP contribution >= 0.6 is 0 Å². The van der Waals surface area contributed by atoms with Crippen LogP contribution in [-0.4, -0.2) is 32.0 Å². The Hall–Kier alpha value is -2.09. The average molecular weight is 326 g/mol. The third-order valence-electron chi connectivity index (χ3n) is 4.00. The molecule has 0 aromatic carbocycles. The van der Waals surface area contributed by atoms with Crippen LogP contribution in [0.4, 0.5) is 19.0 Å². The fraction of sp³-hybridized carbons (Fsp3) is 0.467. The Labute approximate surface area is 131 Å². The zero-order chi connectivity index (χ0) is 16.4. The number of nitrogens with one attached hydrogen (secondary N) is 1. The summed E-state index contributed by atoms with van der Waals surface area (Å²) in [5.41, 5.74) is -0.942. The van der Waals surface area contributed by atoms with Gasteiger partial charge in [-0.2, -0.15) is 18.3 Å². The summed E-state index contributed by atoms with van der Waals surface area (Å²) < 4.78 is 39.8. The number of hydrogen-bond donors (Lipinski definition) is 2. The number of hydrogen-bond acceptors (Lipinski definition) is 4. The molecule has 0 aliphatic heterocycles. The lowest BCUT2D eigenvalue weighted by molar-refractivity contribution is -0.141. The molecular weight excluding hydrogens is 309 g/mol. The van der Waals surface area contributed by atoms with E-state index in [9.17, 15) is 18.3 Å². The number of aliphatic hydroxyl groups is 1. The van der Waals surface area contributed by atoms with Gasteiger partial charge in [0.05, 0.1) is 12.1 Å². The molecule has 8 heteroatoms. The van der Waals surface area contributed by atoms with Gasteiger partial charge in [-0.25, -0.2) is 4.98 Å². The van der Waals surface area contributed by atoms with E-state index in [0.29, 0.717) is 19.4 Å². The largest absolute Gasteiger partial charge is 0.433 e. The van der Waals surface area contributed by atoms with E-state index in [-0.39, 0.29) is 17.8 Å². The summed E-state index contributed by atoms with van der Waals surface area (Å²) in [4.78, 5) is 3.58. The molecule has 2 aromatic heterocycles. The molecule has 1 saturated carbocycles. The van der Waals surface area contributed by atoms with Crippen LogP contribution in [0.2, 0.25) is 0 Å². The van der Waals surface area contributed by atoms with Crippen molar-refractivity contribution in [3.63, 3.8) is 0 Å². The summed E-state index contributed by atoms with van der Waals surface area (Å²) in [6, 6.07) is 5.22. The van der Waals surface area contributed by atoms with E-state index in [1.54, 1.807) is 10.9 Å². The second kappa shape index (κ2) is 6.19. The number of aromatic nitrogens is 3. The summed E-state index contributed by atoms with van der Waals surface area (Å²) in [7, 11) is 0. The van der Waals surface area contributed by atoms with E-state index >= 15 is 0 Å². The van der Waals surface area contributed by atoms with Crippen molar-refractivity contribution in [2.24, 2.45) is 5.92 Å². The maximum atomic E-state index is 12.7. The minimum absolute atomic E-state index is 0.128. The molecule has 2 aromatic rings. The van der Waals surface area contributed by atoms with E-state index in [1.807, 2.05) is 12.3 Å². The molecule has 23 heavy (non-hydrogen) atoms. The van der Waals surface area contributed by atoms with Gasteiger partial charge in [0.2, 0.25) is 0 Å². The first-order chi connectivity index (χ1) is 10.9. The minimum Gasteiger partial charge on any atom is -0.391 e. The van der Waals surface area contributed by atoms with E-state index in [0.717, 1.165) is 6.07 Å². The summed E-state index contributed by atoms with van der Waals surface area (Å²) in [5.74, 6) is 0.344. The molecule has 2 heterocycles. The standard InChI is InChI=1S/C15H17F3N4O/c16-15(17,18)13-3-1-4-14(21-13)20-11-7-10(8-12(11)23)9-22-6-2-5-19-22/h1-6,10-12,23H,7-9H2,(H,20,21)/t10?,11-,12-/m1/s1. The zero-order valence-corrected chi connectivity index (χ0v) is 12.2. The fourth-order valence-corrected chi connectivity index (χ4v) is 2.96. The summed E-state index contributed by atoms with van der Waals surface area (Å²) in [6.07, 6.45) is -0.328. The van der Waals surface area contributed by atoms with Gasteiger partial charge in [-0.3, -0.25) is 4.68 Å². The van der Waals surface area contributed by atoms with Crippen LogP contribution in [0.5, 0.6) is 0 Å². The van der Waals surface area contributed by atoms with Crippen LogP contribution in [0.25, 0.3) is 0 Å². The molecule has 3 atom stereocenters. The molecule has 0 bridgehead atoms. The third-order valence-corrected chi connectivity index (χ3v) is 4.00. The molecule has 0 spiro atoms. The Bertz CT molecular complexity index is 644. The number of alkyl halides is 3. The molecule has 0 saturated heterocycles. The van der Waals surface area contributed by atoms with E-state index in [2.05, 4.69) is 15.4 Å². The van der Waals surface area contributed by atoms with Crippen LogP contribution in [0.3, 0.4) is 0 Å². The molecule has 1 unspecified atom stereocenters. The Morgan fingerprint density at radius 3 is 2.78 bits per heavy atom. The normalized spacial score (nSPS) is 24.8. The first-order valence-corrected chi connectivity index (χ1v) is 7.38. The average Bonchev–Trinajstić information content (AvgIpc) is 3.09. The highest BCUT2D eigenvalue weighted by atomic mass is 19.4. The van der Waals surface area contributed by atoms with Gasteiger partial charge in [0, 0.05) is 18.9 Å². The van der Waals surface area contributed by atoms with E-state index in [4.69, 9.17) is 0 Å². The van der Waals surface area contributed by atoms with Crippen molar-refractivity contribution in [2.75, 3.05) is 5.32 Å².